The number of nitrogens with zero attached hydrogens (tertiary/aromatic N) is 2. The van der Waals surface area contributed by atoms with Crippen LogP contribution in [0.2, 0.25) is 0 Å². The fourth-order valence-electron chi connectivity index (χ4n) is 2.61. The first kappa shape index (κ1) is 17.5. The molecule has 0 radical (unpaired) electrons. The van der Waals surface area contributed by atoms with E-state index in [0.717, 1.165) is 11.3 Å². The molecular weight excluding hydrogens is 354 g/mol. The highest BCUT2D eigenvalue weighted by atomic mass is 16.5. The molecule has 0 bridgehead atoms. The molecule has 0 aliphatic heterocycles. The van der Waals surface area contributed by atoms with Gasteiger partial charge >= 0.3 is 0 Å². The average molecular weight is 371 g/mol. The van der Waals surface area contributed by atoms with Crippen molar-refractivity contribution in [3.05, 3.63) is 90.3 Å². The molecule has 1 N–H and O–H groups in total. The average Bonchev–Trinajstić information content (AvgIpc) is 3.17. The zero-order chi connectivity index (χ0) is 19.3. The predicted octanol–water partition coefficient (Wildman–Crippen LogP) is 5.09. The monoisotopic (exact) mass is 371 g/mol. The second-order valence-corrected chi connectivity index (χ2v) is 6.12. The molecule has 1 heterocycles. The van der Waals surface area contributed by atoms with Crippen molar-refractivity contribution in [3.8, 4) is 23.0 Å². The zero-order valence-electron chi connectivity index (χ0n) is 15.1. The molecule has 0 saturated heterocycles. The summed E-state index contributed by atoms with van der Waals surface area (Å²) in [6.45, 7) is 1.75. The maximum absolute atomic E-state index is 12.4. The molecule has 0 unspecified atom stereocenters. The third kappa shape index (κ3) is 4.07. The molecule has 0 fully saturated rings. The molecule has 3 aromatic carbocycles. The van der Waals surface area contributed by atoms with Crippen LogP contribution in [0.15, 0.2) is 83.4 Å². The van der Waals surface area contributed by atoms with Gasteiger partial charge in [-0.15, -0.1) is 0 Å². The number of nitrogens with one attached hydrogen (secondary N) is 1. The molecule has 4 rings (SSSR count). The molecule has 0 spiro atoms. The van der Waals surface area contributed by atoms with E-state index in [4.69, 9.17) is 9.26 Å². The lowest BCUT2D eigenvalue weighted by atomic mass is 10.1. The summed E-state index contributed by atoms with van der Waals surface area (Å²) >= 11 is 0. The van der Waals surface area contributed by atoms with Crippen LogP contribution in [0.4, 0.5) is 5.69 Å². The lowest BCUT2D eigenvalue weighted by Gasteiger charge is -2.08. The number of hydrogen-bond donors (Lipinski definition) is 1. The number of anilines is 1. The van der Waals surface area contributed by atoms with Crippen LogP contribution in [0.1, 0.15) is 16.2 Å². The number of carbonyl (C=O) groups is 1. The van der Waals surface area contributed by atoms with Gasteiger partial charge in [0.25, 0.3) is 11.8 Å². The number of aromatic nitrogens is 2. The normalized spacial score (nSPS) is 10.5. The second kappa shape index (κ2) is 7.75. The van der Waals surface area contributed by atoms with Crippen LogP contribution in [0.3, 0.4) is 0 Å². The van der Waals surface area contributed by atoms with Crippen LogP contribution < -0.4 is 10.1 Å². The number of hydrogen-bond acceptors (Lipinski definition) is 5. The Hall–Kier alpha value is -3.93. The molecule has 0 atom stereocenters. The summed E-state index contributed by atoms with van der Waals surface area (Å²) in [6.07, 6.45) is 0. The van der Waals surface area contributed by atoms with Crippen LogP contribution in [0, 0.1) is 6.92 Å². The van der Waals surface area contributed by atoms with Crippen molar-refractivity contribution in [1.82, 2.24) is 10.1 Å². The van der Waals surface area contributed by atoms with Crippen molar-refractivity contribution in [2.45, 2.75) is 6.92 Å². The molecule has 138 valence electrons. The molecule has 28 heavy (non-hydrogen) atoms. The predicted molar refractivity (Wildman–Crippen MR) is 105 cm³/mol. The number of carbonyl (C=O) groups excluding carboxylic acids is 1. The van der Waals surface area contributed by atoms with Crippen molar-refractivity contribution in [1.29, 1.82) is 0 Å². The standard InChI is InChI=1S/C22H17N3O3/c1-15-23-22(28-25-15)17-9-7-16(8-10-17)21(26)24-18-11-13-20(14-12-18)27-19-5-3-2-4-6-19/h2-14H,1H3,(H,24,26). The van der Waals surface area contributed by atoms with Crippen molar-refractivity contribution in [2.24, 2.45) is 0 Å². The molecule has 6 heteroatoms. The van der Waals surface area contributed by atoms with Gasteiger partial charge in [0.1, 0.15) is 11.5 Å². The summed E-state index contributed by atoms with van der Waals surface area (Å²) in [5.74, 6) is 2.25. The van der Waals surface area contributed by atoms with Crippen molar-refractivity contribution >= 4 is 11.6 Å². The van der Waals surface area contributed by atoms with Crippen LogP contribution in [-0.2, 0) is 0 Å². The second-order valence-electron chi connectivity index (χ2n) is 6.12. The Bertz CT molecular complexity index is 1070. The Morgan fingerprint density at radius 3 is 2.21 bits per heavy atom. The summed E-state index contributed by atoms with van der Waals surface area (Å²) in [4.78, 5) is 16.6. The number of amides is 1. The Morgan fingerprint density at radius 1 is 0.893 bits per heavy atom. The summed E-state index contributed by atoms with van der Waals surface area (Å²) in [5, 5.41) is 6.63. The zero-order valence-corrected chi connectivity index (χ0v) is 15.1. The third-order valence-electron chi connectivity index (χ3n) is 4.01. The van der Waals surface area contributed by atoms with Crippen molar-refractivity contribution in [3.63, 3.8) is 0 Å². The lowest BCUT2D eigenvalue weighted by molar-refractivity contribution is 0.102. The maximum Gasteiger partial charge on any atom is 0.257 e. The molecule has 0 aliphatic carbocycles. The van der Waals surface area contributed by atoms with Crippen molar-refractivity contribution < 1.29 is 14.1 Å². The van der Waals surface area contributed by atoms with E-state index in [1.807, 2.05) is 42.5 Å². The molecule has 0 saturated carbocycles. The maximum atomic E-state index is 12.4. The summed E-state index contributed by atoms with van der Waals surface area (Å²) in [5.41, 5.74) is 1.98. The summed E-state index contributed by atoms with van der Waals surface area (Å²) < 4.78 is 10.9. The van der Waals surface area contributed by atoms with Gasteiger partial charge in [0.05, 0.1) is 0 Å². The van der Waals surface area contributed by atoms with E-state index in [9.17, 15) is 4.79 Å². The minimum atomic E-state index is -0.204. The summed E-state index contributed by atoms with van der Waals surface area (Å²) in [6, 6.07) is 23.7. The van der Waals surface area contributed by atoms with Gasteiger partial charge < -0.3 is 14.6 Å². The van der Waals surface area contributed by atoms with E-state index in [1.165, 1.54) is 0 Å². The van der Waals surface area contributed by atoms with E-state index in [0.29, 0.717) is 28.7 Å². The van der Waals surface area contributed by atoms with Crippen LogP contribution in [0.25, 0.3) is 11.5 Å². The first-order valence-corrected chi connectivity index (χ1v) is 8.72. The fourth-order valence-corrected chi connectivity index (χ4v) is 2.61. The van der Waals surface area contributed by atoms with Crippen LogP contribution >= 0.6 is 0 Å². The topological polar surface area (TPSA) is 77.2 Å². The highest BCUT2D eigenvalue weighted by Crippen LogP contribution is 2.23. The van der Waals surface area contributed by atoms with Gasteiger partial charge in [0.15, 0.2) is 5.82 Å². The van der Waals surface area contributed by atoms with Gasteiger partial charge in [-0.2, -0.15) is 4.98 Å². The summed E-state index contributed by atoms with van der Waals surface area (Å²) in [7, 11) is 0. The highest BCUT2D eigenvalue weighted by molar-refractivity contribution is 6.04. The molecule has 0 aliphatic rings. The number of benzene rings is 3. The van der Waals surface area contributed by atoms with Gasteiger partial charge in [0, 0.05) is 16.8 Å². The Kier molecular flexibility index (Phi) is 4.84. The van der Waals surface area contributed by atoms with Crippen LogP contribution in [0.5, 0.6) is 11.5 Å². The number of aryl methyl sites for hydroxylation is 1. The van der Waals surface area contributed by atoms with E-state index in [2.05, 4.69) is 15.5 Å². The first-order valence-electron chi connectivity index (χ1n) is 8.72. The smallest absolute Gasteiger partial charge is 0.257 e. The first-order chi connectivity index (χ1) is 13.7. The number of para-hydroxylation sites is 1. The molecule has 6 nitrogen and oxygen atoms in total. The lowest BCUT2D eigenvalue weighted by Crippen LogP contribution is -2.11. The number of rotatable bonds is 5. The van der Waals surface area contributed by atoms with Crippen molar-refractivity contribution in [2.75, 3.05) is 5.32 Å². The Labute approximate surface area is 161 Å². The highest BCUT2D eigenvalue weighted by Gasteiger charge is 2.10. The molecular formula is C22H17N3O3. The molecule has 1 aromatic heterocycles. The SMILES string of the molecule is Cc1noc(-c2ccc(C(=O)Nc3ccc(Oc4ccccc4)cc3)cc2)n1. The van der Waals surface area contributed by atoms with E-state index < -0.39 is 0 Å². The van der Waals surface area contributed by atoms with Gasteiger partial charge in [-0.25, -0.2) is 0 Å². The van der Waals surface area contributed by atoms with Gasteiger partial charge in [0.2, 0.25) is 0 Å². The largest absolute Gasteiger partial charge is 0.457 e. The van der Waals surface area contributed by atoms with Gasteiger partial charge in [-0.1, -0.05) is 23.4 Å². The molecule has 4 aromatic rings. The van der Waals surface area contributed by atoms with E-state index in [-0.39, 0.29) is 5.91 Å². The Morgan fingerprint density at radius 2 is 1.57 bits per heavy atom. The quantitative estimate of drug-likeness (QED) is 0.529. The number of ether oxygens (including phenoxy) is 1. The van der Waals surface area contributed by atoms with Crippen LogP contribution in [-0.4, -0.2) is 16.0 Å². The third-order valence-corrected chi connectivity index (χ3v) is 4.01. The minimum Gasteiger partial charge on any atom is -0.457 e. The van der Waals surface area contributed by atoms with Gasteiger partial charge in [-0.3, -0.25) is 4.79 Å². The Balaban J connectivity index is 1.40. The minimum absolute atomic E-state index is 0.204. The van der Waals surface area contributed by atoms with E-state index >= 15 is 0 Å². The molecule has 1 amide bonds. The van der Waals surface area contributed by atoms with Gasteiger partial charge in [-0.05, 0) is 67.6 Å². The van der Waals surface area contributed by atoms with E-state index in [1.54, 1.807) is 43.3 Å². The fraction of sp³-hybridized carbons (Fsp3) is 0.0455.